The van der Waals surface area contributed by atoms with Gasteiger partial charge in [-0.05, 0) is 120 Å². The second kappa shape index (κ2) is 22.8. The molecule has 0 amide bonds. The minimum Gasteiger partial charge on any atom is -1.00 e. The molecular weight excluding hydrogens is 975 g/mol. The molecule has 0 heterocycles. The van der Waals surface area contributed by atoms with Gasteiger partial charge in [0.15, 0.2) is 0 Å². The SMILES string of the molecule is CC1=[C-]C(C)([Si](c2cc(C)c(-c3ccccc3)c(-c3ccccc3)c2)(c2cc(C)c(-c3ccccc3)c(-c3ccccc3)c2)c2cc(C)c(-c3ccccc3)c(-c3ccccc3)c2)C(C)=C1C.[Cl-].[Cl-].[Cl-].[Ti+4]. The Morgan fingerprint density at radius 2 is 0.577 bits per heavy atom. The number of hydrogen-bond donors (Lipinski definition) is 0. The van der Waals surface area contributed by atoms with E-state index in [1.54, 1.807) is 0 Å². The molecule has 0 nitrogen and oxygen atoms in total. The van der Waals surface area contributed by atoms with E-state index in [1.807, 2.05) is 0 Å². The summed E-state index contributed by atoms with van der Waals surface area (Å²) in [5, 5.41) is 3.62. The summed E-state index contributed by atoms with van der Waals surface area (Å²) >= 11 is 0. The molecule has 0 fully saturated rings. The van der Waals surface area contributed by atoms with Gasteiger partial charge in [-0.15, -0.1) is 6.92 Å². The second-order valence-electron chi connectivity index (χ2n) is 18.7. The largest absolute Gasteiger partial charge is 4.00 e. The van der Waals surface area contributed by atoms with Gasteiger partial charge in [-0.1, -0.05) is 244 Å². The minimum atomic E-state index is -3.41. The summed E-state index contributed by atoms with van der Waals surface area (Å²) in [5.74, 6) is 0. The molecule has 1 aliphatic rings. The number of rotatable bonds is 10. The summed E-state index contributed by atoms with van der Waals surface area (Å²) in [6.07, 6.45) is 4.35. The van der Waals surface area contributed by atoms with Crippen molar-refractivity contribution in [2.24, 2.45) is 0 Å². The van der Waals surface area contributed by atoms with Crippen LogP contribution in [0.2, 0.25) is 5.04 Å². The molecule has 0 bridgehead atoms. The number of aryl methyl sites for hydroxylation is 3. The topological polar surface area (TPSA) is 0 Å². The standard InChI is InChI=1S/C66H57Si.3ClH.Ti/c1-45-38-57(41-60(51-26-14-8-15-27-51)63(45)54-32-20-11-21-33-54)67(66(7)44-48(4)49(5)50(66)6,58-39-46(2)64(55-34-22-12-23-35-55)61(42-58)52-28-16-9-17-29-52)59-40-47(3)65(56-36-24-13-25-37-56)62(43-59)53-30-18-10-19-31-53;;;;/h8-43H,1-7H3;3*1H;/q-1;;;;+4/p-3. The molecule has 1 aliphatic carbocycles. The zero-order valence-corrected chi connectivity index (χ0v) is 46.2. The van der Waals surface area contributed by atoms with Crippen LogP contribution in [-0.2, 0) is 21.7 Å². The first kappa shape index (κ1) is 54.6. The molecule has 0 aromatic heterocycles. The Hall–Kier alpha value is -5.74. The van der Waals surface area contributed by atoms with Crippen LogP contribution in [0.15, 0.2) is 235 Å². The van der Waals surface area contributed by atoms with E-state index in [-0.39, 0.29) is 58.9 Å². The summed E-state index contributed by atoms with van der Waals surface area (Å²) in [6.45, 7) is 16.5. The monoisotopic (exact) mass is 1030 g/mol. The molecule has 0 N–H and O–H groups in total. The summed E-state index contributed by atoms with van der Waals surface area (Å²) in [4.78, 5) is 0. The first-order chi connectivity index (χ1) is 32.6. The number of halogens is 3. The van der Waals surface area contributed by atoms with Crippen molar-refractivity contribution in [2.45, 2.75) is 53.5 Å². The number of hydrogen-bond acceptors (Lipinski definition) is 0. The van der Waals surface area contributed by atoms with Crippen LogP contribution in [0, 0.1) is 26.8 Å². The van der Waals surface area contributed by atoms with Crippen LogP contribution in [0.4, 0.5) is 0 Å². The van der Waals surface area contributed by atoms with E-state index in [2.05, 4.69) is 273 Å². The van der Waals surface area contributed by atoms with Gasteiger partial charge in [0.1, 0.15) is 8.07 Å². The first-order valence-electron chi connectivity index (χ1n) is 23.7. The molecule has 9 aromatic rings. The third kappa shape index (κ3) is 9.70. The van der Waals surface area contributed by atoms with Gasteiger partial charge in [0.05, 0.1) is 0 Å². The van der Waals surface area contributed by atoms with E-state index < -0.39 is 13.1 Å². The molecular formula is C66H57Cl3SiTi. The van der Waals surface area contributed by atoms with E-state index in [4.69, 9.17) is 0 Å². The summed E-state index contributed by atoms with van der Waals surface area (Å²) < 4.78 is 0. The van der Waals surface area contributed by atoms with Crippen LogP contribution in [0.3, 0.4) is 0 Å². The first-order valence-corrected chi connectivity index (χ1v) is 25.7. The quantitative estimate of drug-likeness (QED) is 0.0792. The maximum Gasteiger partial charge on any atom is 4.00 e. The van der Waals surface area contributed by atoms with Crippen LogP contribution in [0.25, 0.3) is 66.8 Å². The van der Waals surface area contributed by atoms with Gasteiger partial charge < -0.3 is 37.2 Å². The van der Waals surface area contributed by atoms with Crippen molar-refractivity contribution in [3.05, 3.63) is 258 Å². The molecule has 0 radical (unpaired) electrons. The van der Waals surface area contributed by atoms with E-state index in [9.17, 15) is 0 Å². The Morgan fingerprint density at radius 1 is 0.338 bits per heavy atom. The Labute approximate surface area is 457 Å². The Kier molecular flexibility index (Phi) is 17.5. The minimum absolute atomic E-state index is 0. The van der Waals surface area contributed by atoms with Gasteiger partial charge in [-0.2, -0.15) is 11.1 Å². The molecule has 71 heavy (non-hydrogen) atoms. The van der Waals surface area contributed by atoms with Crippen LogP contribution in [0.5, 0.6) is 0 Å². The maximum absolute atomic E-state index is 4.35. The van der Waals surface area contributed by atoms with Crippen LogP contribution >= 0.6 is 0 Å². The average molecular weight is 1030 g/mol. The summed E-state index contributed by atoms with van der Waals surface area (Å²) in [7, 11) is -3.41. The van der Waals surface area contributed by atoms with Crippen molar-refractivity contribution < 1.29 is 58.9 Å². The molecule has 0 aliphatic heterocycles. The Morgan fingerprint density at radius 3 is 0.803 bits per heavy atom. The van der Waals surface area contributed by atoms with Gasteiger partial charge in [-0.3, -0.25) is 6.08 Å². The average Bonchev–Trinajstić information content (AvgIpc) is 3.57. The van der Waals surface area contributed by atoms with E-state index >= 15 is 0 Å². The van der Waals surface area contributed by atoms with Crippen LogP contribution in [-0.4, -0.2) is 8.07 Å². The zero-order chi connectivity index (χ0) is 46.3. The number of allylic oxidation sites excluding steroid dienone is 4. The van der Waals surface area contributed by atoms with Crippen molar-refractivity contribution in [3.8, 4) is 66.8 Å². The smallest absolute Gasteiger partial charge is 1.00 e. The van der Waals surface area contributed by atoms with Gasteiger partial charge >= 0.3 is 21.7 Å². The summed E-state index contributed by atoms with van der Waals surface area (Å²) in [6, 6.07) is 81.7. The molecule has 0 spiro atoms. The van der Waals surface area contributed by atoms with E-state index in [0.717, 1.165) is 0 Å². The molecule has 5 heteroatoms. The van der Waals surface area contributed by atoms with E-state index in [0.29, 0.717) is 0 Å². The molecule has 9 aromatic carbocycles. The summed E-state index contributed by atoms with van der Waals surface area (Å²) in [5.41, 5.74) is 22.6. The van der Waals surface area contributed by atoms with Gasteiger partial charge in [-0.25, -0.2) is 5.57 Å². The Bertz CT molecular complexity index is 3020. The van der Waals surface area contributed by atoms with E-state index in [1.165, 1.54) is 116 Å². The maximum atomic E-state index is 4.35. The normalized spacial score (nSPS) is 14.0. The van der Waals surface area contributed by atoms with Crippen LogP contribution in [0.1, 0.15) is 44.4 Å². The molecule has 10 rings (SSSR count). The second-order valence-corrected chi connectivity index (χ2v) is 23.0. The van der Waals surface area contributed by atoms with Crippen molar-refractivity contribution in [1.82, 2.24) is 0 Å². The third-order valence-electron chi connectivity index (χ3n) is 14.8. The Balaban J connectivity index is 0.00000206. The molecule has 1 unspecified atom stereocenters. The van der Waals surface area contributed by atoms with Gasteiger partial charge in [0.25, 0.3) is 0 Å². The molecule has 0 saturated carbocycles. The van der Waals surface area contributed by atoms with Crippen LogP contribution < -0.4 is 52.8 Å². The fraction of sp³-hybridized carbons (Fsp3) is 0.121. The van der Waals surface area contributed by atoms with Gasteiger partial charge in [0, 0.05) is 0 Å². The molecule has 0 saturated heterocycles. The van der Waals surface area contributed by atoms with Gasteiger partial charge in [0.2, 0.25) is 0 Å². The fourth-order valence-corrected chi connectivity index (χ4v) is 17.7. The molecule has 1 atom stereocenters. The third-order valence-corrected chi connectivity index (χ3v) is 20.3. The predicted molar refractivity (Wildman–Crippen MR) is 290 cm³/mol. The zero-order valence-electron chi connectivity index (χ0n) is 41.4. The van der Waals surface area contributed by atoms with Crippen molar-refractivity contribution in [2.75, 3.05) is 0 Å². The number of benzene rings is 9. The predicted octanol–water partition coefficient (Wildman–Crippen LogP) is 6.95. The molecule has 350 valence electrons. The fourth-order valence-electron chi connectivity index (χ4n) is 11.5. The van der Waals surface area contributed by atoms with Crippen molar-refractivity contribution in [1.29, 1.82) is 0 Å². The van der Waals surface area contributed by atoms with Crippen molar-refractivity contribution >= 4 is 23.6 Å². The van der Waals surface area contributed by atoms with Crippen molar-refractivity contribution in [3.63, 3.8) is 0 Å².